The van der Waals surface area contributed by atoms with Crippen molar-refractivity contribution in [3.05, 3.63) is 23.0 Å². The summed E-state index contributed by atoms with van der Waals surface area (Å²) in [5, 5.41) is 2.74. The molecule has 19 heavy (non-hydrogen) atoms. The van der Waals surface area contributed by atoms with Crippen LogP contribution >= 0.6 is 0 Å². The van der Waals surface area contributed by atoms with Crippen LogP contribution in [-0.2, 0) is 4.79 Å². The molecule has 0 aliphatic heterocycles. The van der Waals surface area contributed by atoms with Crippen molar-refractivity contribution in [2.24, 2.45) is 0 Å². The number of likely N-dealkylation sites (N-methyl/N-ethyl adjacent to an activating group) is 2. The number of hydrogen-bond donors (Lipinski definition) is 2. The SMILES string of the molecule is CCNC(=O)CN(CC)CC(=O)c1cc(C)[nH]c1C. The molecule has 5 nitrogen and oxygen atoms in total. The molecular formula is C14H23N3O2. The number of nitrogens with one attached hydrogen (secondary N) is 2. The number of hydrogen-bond acceptors (Lipinski definition) is 3. The second-order valence-corrected chi connectivity index (χ2v) is 4.67. The molecule has 1 amide bonds. The second kappa shape index (κ2) is 7.09. The van der Waals surface area contributed by atoms with Crippen molar-refractivity contribution in [1.82, 2.24) is 15.2 Å². The Morgan fingerprint density at radius 3 is 2.42 bits per heavy atom. The molecule has 0 fully saturated rings. The summed E-state index contributed by atoms with van der Waals surface area (Å²) >= 11 is 0. The number of rotatable bonds is 7. The average Bonchev–Trinajstić information content (AvgIpc) is 2.67. The van der Waals surface area contributed by atoms with Gasteiger partial charge in [-0.3, -0.25) is 14.5 Å². The van der Waals surface area contributed by atoms with Gasteiger partial charge in [0.05, 0.1) is 13.1 Å². The van der Waals surface area contributed by atoms with E-state index in [1.54, 1.807) is 0 Å². The van der Waals surface area contributed by atoms with Gasteiger partial charge in [-0.1, -0.05) is 6.92 Å². The predicted molar refractivity (Wildman–Crippen MR) is 75.4 cm³/mol. The van der Waals surface area contributed by atoms with E-state index in [9.17, 15) is 9.59 Å². The Balaban J connectivity index is 2.63. The molecule has 0 unspecified atom stereocenters. The van der Waals surface area contributed by atoms with Gasteiger partial charge in [-0.25, -0.2) is 0 Å². The lowest BCUT2D eigenvalue weighted by Crippen LogP contribution is -2.39. The van der Waals surface area contributed by atoms with E-state index < -0.39 is 0 Å². The monoisotopic (exact) mass is 265 g/mol. The fraction of sp³-hybridized carbons (Fsp3) is 0.571. The van der Waals surface area contributed by atoms with Gasteiger partial charge < -0.3 is 10.3 Å². The summed E-state index contributed by atoms with van der Waals surface area (Å²) in [6.07, 6.45) is 0. The molecule has 0 atom stereocenters. The molecule has 0 spiro atoms. The maximum atomic E-state index is 12.2. The molecule has 1 aromatic rings. The zero-order valence-corrected chi connectivity index (χ0v) is 12.2. The number of H-pyrrole nitrogens is 1. The standard InChI is InChI=1S/C14H23N3O2/c1-5-15-14(19)9-17(6-2)8-13(18)12-7-10(3)16-11(12)4/h7,16H,5-6,8-9H2,1-4H3,(H,15,19). The van der Waals surface area contributed by atoms with Gasteiger partial charge >= 0.3 is 0 Å². The minimum Gasteiger partial charge on any atom is -0.362 e. The molecule has 0 aromatic carbocycles. The van der Waals surface area contributed by atoms with Crippen molar-refractivity contribution >= 4 is 11.7 Å². The van der Waals surface area contributed by atoms with E-state index in [0.717, 1.165) is 11.4 Å². The third-order valence-electron chi connectivity index (χ3n) is 3.01. The summed E-state index contributed by atoms with van der Waals surface area (Å²) in [6, 6.07) is 1.86. The van der Waals surface area contributed by atoms with Crippen molar-refractivity contribution in [2.75, 3.05) is 26.2 Å². The molecule has 1 heterocycles. The lowest BCUT2D eigenvalue weighted by atomic mass is 10.1. The van der Waals surface area contributed by atoms with Crippen LogP contribution in [0.1, 0.15) is 35.6 Å². The number of aromatic amines is 1. The number of carbonyl (C=O) groups is 2. The summed E-state index contributed by atoms with van der Waals surface area (Å²) in [5.74, 6) is 0.00659. The van der Waals surface area contributed by atoms with Gasteiger partial charge in [-0.2, -0.15) is 0 Å². The predicted octanol–water partition coefficient (Wildman–Crippen LogP) is 1.27. The molecule has 5 heteroatoms. The highest BCUT2D eigenvalue weighted by atomic mass is 16.2. The molecular weight excluding hydrogens is 242 g/mol. The molecule has 0 aliphatic carbocycles. The third-order valence-corrected chi connectivity index (χ3v) is 3.01. The first-order valence-electron chi connectivity index (χ1n) is 6.66. The molecule has 1 rings (SSSR count). The Bertz CT molecular complexity index is 452. The molecule has 0 saturated carbocycles. The number of aromatic nitrogens is 1. The highest BCUT2D eigenvalue weighted by Gasteiger charge is 2.16. The van der Waals surface area contributed by atoms with Gasteiger partial charge in [0.25, 0.3) is 0 Å². The quantitative estimate of drug-likeness (QED) is 0.730. The molecule has 0 saturated heterocycles. The zero-order valence-electron chi connectivity index (χ0n) is 12.2. The first-order chi connectivity index (χ1) is 8.97. The van der Waals surface area contributed by atoms with Crippen molar-refractivity contribution < 1.29 is 9.59 Å². The van der Waals surface area contributed by atoms with Gasteiger partial charge in [0, 0.05) is 23.5 Å². The largest absolute Gasteiger partial charge is 0.362 e. The lowest BCUT2D eigenvalue weighted by molar-refractivity contribution is -0.121. The Labute approximate surface area is 114 Å². The Hall–Kier alpha value is -1.62. The maximum absolute atomic E-state index is 12.2. The van der Waals surface area contributed by atoms with E-state index >= 15 is 0 Å². The number of amides is 1. The van der Waals surface area contributed by atoms with Gasteiger partial charge in [-0.15, -0.1) is 0 Å². The summed E-state index contributed by atoms with van der Waals surface area (Å²) in [6.45, 7) is 9.46. The summed E-state index contributed by atoms with van der Waals surface area (Å²) in [7, 11) is 0. The lowest BCUT2D eigenvalue weighted by Gasteiger charge is -2.18. The van der Waals surface area contributed by atoms with Crippen LogP contribution in [0.4, 0.5) is 0 Å². The first kappa shape index (κ1) is 15.4. The summed E-state index contributed by atoms with van der Waals surface area (Å²) in [5.41, 5.74) is 2.58. The zero-order chi connectivity index (χ0) is 14.4. The van der Waals surface area contributed by atoms with Crippen LogP contribution < -0.4 is 5.32 Å². The number of nitrogens with zero attached hydrogens (tertiary/aromatic N) is 1. The molecule has 106 valence electrons. The van der Waals surface area contributed by atoms with E-state index in [1.165, 1.54) is 0 Å². The van der Waals surface area contributed by atoms with Crippen molar-refractivity contribution in [1.29, 1.82) is 0 Å². The second-order valence-electron chi connectivity index (χ2n) is 4.67. The number of carbonyl (C=O) groups excluding carboxylic acids is 2. The van der Waals surface area contributed by atoms with E-state index in [4.69, 9.17) is 0 Å². The van der Waals surface area contributed by atoms with Crippen LogP contribution in [0.5, 0.6) is 0 Å². The van der Waals surface area contributed by atoms with E-state index in [0.29, 0.717) is 18.7 Å². The Kier molecular flexibility index (Phi) is 5.76. The van der Waals surface area contributed by atoms with E-state index in [2.05, 4.69) is 10.3 Å². The van der Waals surface area contributed by atoms with Crippen LogP contribution in [-0.4, -0.2) is 47.8 Å². The number of Topliss-reactive ketones (excluding diaryl/α,β-unsaturated/α-hetero) is 1. The normalized spacial score (nSPS) is 10.8. The first-order valence-corrected chi connectivity index (χ1v) is 6.66. The molecule has 0 aliphatic rings. The minimum atomic E-state index is -0.0425. The average molecular weight is 265 g/mol. The minimum absolute atomic E-state index is 0.0425. The van der Waals surface area contributed by atoms with Crippen LogP contribution in [0.2, 0.25) is 0 Å². The maximum Gasteiger partial charge on any atom is 0.234 e. The smallest absolute Gasteiger partial charge is 0.234 e. The summed E-state index contributed by atoms with van der Waals surface area (Å²) in [4.78, 5) is 28.7. The van der Waals surface area contributed by atoms with Gasteiger partial charge in [0.15, 0.2) is 5.78 Å². The van der Waals surface area contributed by atoms with Crippen molar-refractivity contribution in [3.8, 4) is 0 Å². The van der Waals surface area contributed by atoms with Gasteiger partial charge in [-0.05, 0) is 33.4 Å². The fourth-order valence-corrected chi connectivity index (χ4v) is 2.04. The van der Waals surface area contributed by atoms with Gasteiger partial charge in [0.1, 0.15) is 0 Å². The Morgan fingerprint density at radius 2 is 1.95 bits per heavy atom. The van der Waals surface area contributed by atoms with Gasteiger partial charge in [0.2, 0.25) is 5.91 Å². The van der Waals surface area contributed by atoms with Crippen LogP contribution in [0.15, 0.2) is 6.07 Å². The highest BCUT2D eigenvalue weighted by Crippen LogP contribution is 2.10. The van der Waals surface area contributed by atoms with E-state index in [-0.39, 0.29) is 24.8 Å². The highest BCUT2D eigenvalue weighted by molar-refractivity contribution is 5.99. The molecule has 0 radical (unpaired) electrons. The van der Waals surface area contributed by atoms with Crippen LogP contribution in [0.25, 0.3) is 0 Å². The summed E-state index contributed by atoms with van der Waals surface area (Å²) < 4.78 is 0. The number of aryl methyl sites for hydroxylation is 2. The van der Waals surface area contributed by atoms with Crippen LogP contribution in [0.3, 0.4) is 0 Å². The Morgan fingerprint density at radius 1 is 1.26 bits per heavy atom. The van der Waals surface area contributed by atoms with Crippen molar-refractivity contribution in [2.45, 2.75) is 27.7 Å². The fourth-order valence-electron chi connectivity index (χ4n) is 2.04. The molecule has 1 aromatic heterocycles. The topological polar surface area (TPSA) is 65.2 Å². The molecule has 0 bridgehead atoms. The van der Waals surface area contributed by atoms with E-state index in [1.807, 2.05) is 38.7 Å². The van der Waals surface area contributed by atoms with Crippen LogP contribution in [0, 0.1) is 13.8 Å². The number of ketones is 1. The third kappa shape index (κ3) is 4.52. The molecule has 2 N–H and O–H groups in total. The van der Waals surface area contributed by atoms with Crippen molar-refractivity contribution in [3.63, 3.8) is 0 Å².